The fraction of sp³-hybridized carbons (Fsp3) is 0.346. The highest BCUT2D eigenvalue weighted by Gasteiger charge is 2.53. The number of nitrogens with zero attached hydrogens (tertiary/aromatic N) is 1. The van der Waals surface area contributed by atoms with Crippen LogP contribution >= 0.6 is 11.8 Å². The minimum Gasteiger partial charge on any atom is -0.369 e. The van der Waals surface area contributed by atoms with Gasteiger partial charge in [0.2, 0.25) is 5.91 Å². The number of benzene rings is 2. The molecule has 6 heteroatoms. The number of primary amides is 1. The molecule has 1 heterocycles. The number of thioether (sulfide) groups is 1. The summed E-state index contributed by atoms with van der Waals surface area (Å²) in [5.41, 5.74) is 8.60. The Labute approximate surface area is 193 Å². The topological polar surface area (TPSA) is 84.5 Å². The minimum absolute atomic E-state index is 0.183. The maximum absolute atomic E-state index is 13.5. The number of nitrogens with two attached hydrogens (primary N) is 1. The van der Waals surface area contributed by atoms with Crippen molar-refractivity contribution in [1.82, 2.24) is 0 Å². The number of para-hydroxylation sites is 1. The summed E-state index contributed by atoms with van der Waals surface area (Å²) >= 11 is 1.56. The summed E-state index contributed by atoms with van der Waals surface area (Å²) in [5.74, 6) is -0.462. The maximum Gasteiger partial charge on any atom is 0.254 e. The van der Waals surface area contributed by atoms with Crippen molar-refractivity contribution in [2.24, 2.45) is 22.1 Å². The molecule has 4 rings (SSSR count). The van der Waals surface area contributed by atoms with Crippen molar-refractivity contribution in [2.75, 3.05) is 5.32 Å². The third kappa shape index (κ3) is 4.51. The van der Waals surface area contributed by atoms with Gasteiger partial charge in [-0.3, -0.25) is 9.59 Å². The molecule has 1 unspecified atom stereocenters. The SMILES string of the molecule is CC1=C(C(=O)Nc2ccccc2)C2(CCCCC2)C(C(N)=O)C(SCc2ccccc2)=N1. The lowest BCUT2D eigenvalue weighted by Gasteiger charge is -2.46. The van der Waals surface area contributed by atoms with Crippen LogP contribution in [0.1, 0.15) is 44.6 Å². The quantitative estimate of drug-likeness (QED) is 0.652. The van der Waals surface area contributed by atoms with E-state index in [-0.39, 0.29) is 5.91 Å². The van der Waals surface area contributed by atoms with Crippen LogP contribution < -0.4 is 11.1 Å². The van der Waals surface area contributed by atoms with Gasteiger partial charge in [-0.1, -0.05) is 67.8 Å². The Morgan fingerprint density at radius 1 is 1.03 bits per heavy atom. The molecule has 0 aromatic heterocycles. The lowest BCUT2D eigenvalue weighted by Crippen LogP contribution is -2.50. The van der Waals surface area contributed by atoms with Crippen molar-refractivity contribution in [3.8, 4) is 0 Å². The number of amides is 2. The Kier molecular flexibility index (Phi) is 6.80. The minimum atomic E-state index is -0.603. The molecule has 2 aromatic carbocycles. The number of carbonyl (C=O) groups excluding carboxylic acids is 2. The average Bonchev–Trinajstić information content (AvgIpc) is 2.79. The highest BCUT2D eigenvalue weighted by molar-refractivity contribution is 8.13. The van der Waals surface area contributed by atoms with Gasteiger partial charge >= 0.3 is 0 Å². The zero-order chi connectivity index (χ0) is 22.6. The van der Waals surface area contributed by atoms with Crippen LogP contribution in [0.2, 0.25) is 0 Å². The highest BCUT2D eigenvalue weighted by atomic mass is 32.2. The Morgan fingerprint density at radius 3 is 2.28 bits per heavy atom. The molecular formula is C26H29N3O2S. The molecule has 3 N–H and O–H groups in total. The van der Waals surface area contributed by atoms with Crippen molar-refractivity contribution < 1.29 is 9.59 Å². The van der Waals surface area contributed by atoms with Crippen LogP contribution in [0.3, 0.4) is 0 Å². The Hall–Kier alpha value is -2.86. The van der Waals surface area contributed by atoms with E-state index in [2.05, 4.69) is 17.4 Å². The number of nitrogens with one attached hydrogen (secondary N) is 1. The van der Waals surface area contributed by atoms with Crippen LogP contribution in [0, 0.1) is 11.3 Å². The number of carbonyl (C=O) groups is 2. The molecule has 0 bridgehead atoms. The Morgan fingerprint density at radius 2 is 1.66 bits per heavy atom. The molecule has 32 heavy (non-hydrogen) atoms. The van der Waals surface area contributed by atoms with E-state index in [0.29, 0.717) is 17.0 Å². The predicted octanol–water partition coefficient (Wildman–Crippen LogP) is 5.30. The van der Waals surface area contributed by atoms with Crippen LogP contribution in [0.4, 0.5) is 5.69 Å². The monoisotopic (exact) mass is 447 g/mol. The van der Waals surface area contributed by atoms with Crippen molar-refractivity contribution in [1.29, 1.82) is 0 Å². The first-order valence-electron chi connectivity index (χ1n) is 11.1. The standard InChI is InChI=1S/C26H29N3O2S/c1-18-21(24(31)29-20-13-7-3-8-14-20)26(15-9-4-10-16-26)22(23(27)30)25(28-18)32-17-19-11-5-2-6-12-19/h2-3,5-8,11-14,22H,4,9-10,15-17H2,1H3,(H2,27,30)(H,29,31). The smallest absolute Gasteiger partial charge is 0.254 e. The molecule has 1 fully saturated rings. The van der Waals surface area contributed by atoms with E-state index in [0.717, 1.165) is 48.4 Å². The number of allylic oxidation sites excluding steroid dienone is 1. The van der Waals surface area contributed by atoms with Gasteiger partial charge in [0, 0.05) is 28.1 Å². The molecule has 1 atom stereocenters. The second kappa shape index (κ2) is 9.74. The first-order valence-corrected chi connectivity index (χ1v) is 12.1. The number of hydrogen-bond acceptors (Lipinski definition) is 4. The molecule has 0 saturated heterocycles. The molecule has 0 radical (unpaired) electrons. The molecule has 5 nitrogen and oxygen atoms in total. The number of anilines is 1. The van der Waals surface area contributed by atoms with Crippen molar-refractivity contribution >= 4 is 34.3 Å². The summed E-state index contributed by atoms with van der Waals surface area (Å²) in [6.45, 7) is 1.89. The van der Waals surface area contributed by atoms with Gasteiger partial charge in [-0.15, -0.1) is 11.8 Å². The molecule has 1 aliphatic carbocycles. The van der Waals surface area contributed by atoms with Crippen LogP contribution in [0.25, 0.3) is 0 Å². The Bertz CT molecular complexity index is 1040. The van der Waals surface area contributed by atoms with Crippen LogP contribution in [-0.4, -0.2) is 16.9 Å². The van der Waals surface area contributed by atoms with Gasteiger partial charge in [-0.05, 0) is 37.5 Å². The average molecular weight is 448 g/mol. The van der Waals surface area contributed by atoms with Crippen LogP contribution in [0.15, 0.2) is 76.9 Å². The van der Waals surface area contributed by atoms with Crippen LogP contribution in [-0.2, 0) is 15.3 Å². The van der Waals surface area contributed by atoms with Gasteiger partial charge in [-0.25, -0.2) is 4.99 Å². The molecule has 166 valence electrons. The van der Waals surface area contributed by atoms with E-state index in [1.807, 2.05) is 55.5 Å². The van der Waals surface area contributed by atoms with Crippen molar-refractivity contribution in [2.45, 2.75) is 44.8 Å². The summed E-state index contributed by atoms with van der Waals surface area (Å²) in [5, 5.41) is 3.75. The first-order chi connectivity index (χ1) is 15.5. The zero-order valence-corrected chi connectivity index (χ0v) is 19.2. The third-order valence-corrected chi connectivity index (χ3v) is 7.56. The molecule has 1 aliphatic heterocycles. The summed E-state index contributed by atoms with van der Waals surface area (Å²) in [6, 6.07) is 19.5. The summed E-state index contributed by atoms with van der Waals surface area (Å²) < 4.78 is 0. The van der Waals surface area contributed by atoms with E-state index < -0.39 is 17.2 Å². The summed E-state index contributed by atoms with van der Waals surface area (Å²) in [7, 11) is 0. The maximum atomic E-state index is 13.5. The van der Waals surface area contributed by atoms with Crippen molar-refractivity contribution in [3.63, 3.8) is 0 Å². The zero-order valence-electron chi connectivity index (χ0n) is 18.3. The Balaban J connectivity index is 1.72. The second-order valence-corrected chi connectivity index (χ2v) is 9.55. The fourth-order valence-corrected chi connectivity index (χ4v) is 6.31. The molecule has 1 spiro atoms. The molecule has 2 amide bonds. The van der Waals surface area contributed by atoms with Gasteiger partial charge in [0.25, 0.3) is 5.91 Å². The van der Waals surface area contributed by atoms with E-state index in [4.69, 9.17) is 10.7 Å². The largest absolute Gasteiger partial charge is 0.369 e. The molecular weight excluding hydrogens is 418 g/mol. The normalized spacial score (nSPS) is 20.0. The predicted molar refractivity (Wildman–Crippen MR) is 131 cm³/mol. The molecule has 2 aliphatic rings. The van der Waals surface area contributed by atoms with E-state index >= 15 is 0 Å². The first kappa shape index (κ1) is 22.3. The highest BCUT2D eigenvalue weighted by Crippen LogP contribution is 2.53. The van der Waals surface area contributed by atoms with Gasteiger partial charge in [0.1, 0.15) is 0 Å². The van der Waals surface area contributed by atoms with Gasteiger partial charge in [-0.2, -0.15) is 0 Å². The molecule has 1 saturated carbocycles. The fourth-order valence-electron chi connectivity index (χ4n) is 5.09. The van der Waals surface area contributed by atoms with Crippen molar-refractivity contribution in [3.05, 3.63) is 77.5 Å². The van der Waals surface area contributed by atoms with Crippen LogP contribution in [0.5, 0.6) is 0 Å². The number of aliphatic imine (C=N–C) groups is 1. The number of rotatable bonds is 5. The van der Waals surface area contributed by atoms with Gasteiger partial charge in [0.05, 0.1) is 11.0 Å². The van der Waals surface area contributed by atoms with E-state index in [1.165, 1.54) is 0 Å². The second-order valence-electron chi connectivity index (χ2n) is 8.56. The van der Waals surface area contributed by atoms with E-state index in [9.17, 15) is 9.59 Å². The van der Waals surface area contributed by atoms with Gasteiger partial charge in [0.15, 0.2) is 0 Å². The summed E-state index contributed by atoms with van der Waals surface area (Å²) in [4.78, 5) is 31.2. The number of hydrogen-bond donors (Lipinski definition) is 2. The lowest BCUT2D eigenvalue weighted by molar-refractivity contribution is -0.123. The third-order valence-electron chi connectivity index (χ3n) is 6.46. The summed E-state index contributed by atoms with van der Waals surface area (Å²) in [6.07, 6.45) is 4.57. The van der Waals surface area contributed by atoms with Gasteiger partial charge < -0.3 is 11.1 Å². The molecule has 2 aromatic rings. The van der Waals surface area contributed by atoms with E-state index in [1.54, 1.807) is 11.8 Å². The lowest BCUT2D eigenvalue weighted by atomic mass is 9.60.